The predicted molar refractivity (Wildman–Crippen MR) is 60.3 cm³/mol. The molecule has 0 saturated carbocycles. The Morgan fingerprint density at radius 1 is 1.40 bits per heavy atom. The minimum atomic E-state index is -3.45. The Labute approximate surface area is 94.0 Å². The fourth-order valence-corrected chi connectivity index (χ4v) is 3.68. The van der Waals surface area contributed by atoms with Gasteiger partial charge in [0.2, 0.25) is 0 Å². The van der Waals surface area contributed by atoms with Crippen LogP contribution in [0.3, 0.4) is 0 Å². The molecule has 2 N–H and O–H groups in total. The van der Waals surface area contributed by atoms with Crippen molar-refractivity contribution >= 4 is 21.4 Å². The maximum atomic E-state index is 11.8. The molecule has 0 saturated heterocycles. The van der Waals surface area contributed by atoms with E-state index in [0.717, 1.165) is 11.3 Å². The maximum absolute atomic E-state index is 11.8. The third-order valence-corrected chi connectivity index (χ3v) is 4.82. The predicted octanol–water partition coefficient (Wildman–Crippen LogP) is 1.32. The van der Waals surface area contributed by atoms with Crippen LogP contribution in [-0.2, 0) is 16.6 Å². The number of rotatable bonds is 3. The number of aliphatic hydroxyl groups excluding tert-OH is 1. The van der Waals surface area contributed by atoms with Gasteiger partial charge in [0.25, 0.3) is 10.0 Å². The Kier molecular flexibility index (Phi) is 3.55. The van der Waals surface area contributed by atoms with Crippen LogP contribution in [0.2, 0.25) is 0 Å². The highest BCUT2D eigenvalue weighted by Gasteiger charge is 2.23. The van der Waals surface area contributed by atoms with Crippen LogP contribution in [0.4, 0.5) is 0 Å². The van der Waals surface area contributed by atoms with Gasteiger partial charge in [-0.1, -0.05) is 0 Å². The molecule has 0 radical (unpaired) electrons. The Hall–Kier alpha value is -0.430. The highest BCUT2D eigenvalue weighted by atomic mass is 32.2. The normalized spacial score (nSPS) is 13.1. The summed E-state index contributed by atoms with van der Waals surface area (Å²) in [5.74, 6) is 0. The van der Waals surface area contributed by atoms with Crippen LogP contribution in [0.5, 0.6) is 0 Å². The molecular weight excluding hydrogens is 234 g/mol. The van der Waals surface area contributed by atoms with Crippen molar-refractivity contribution < 1.29 is 13.5 Å². The highest BCUT2D eigenvalue weighted by molar-refractivity contribution is 7.91. The zero-order chi connectivity index (χ0) is 11.7. The number of hydrogen-bond donors (Lipinski definition) is 2. The van der Waals surface area contributed by atoms with E-state index in [1.54, 1.807) is 26.8 Å². The first-order valence-corrected chi connectivity index (χ1v) is 6.78. The Morgan fingerprint density at radius 3 is 2.40 bits per heavy atom. The van der Waals surface area contributed by atoms with Gasteiger partial charge in [-0.15, -0.1) is 11.3 Å². The number of thiophene rings is 1. The molecule has 0 fully saturated rings. The van der Waals surface area contributed by atoms with Crippen molar-refractivity contribution in [2.24, 2.45) is 0 Å². The van der Waals surface area contributed by atoms with Gasteiger partial charge in [0.15, 0.2) is 0 Å². The summed E-state index contributed by atoms with van der Waals surface area (Å²) in [6.45, 7) is 5.22. The molecule has 1 heterocycles. The van der Waals surface area contributed by atoms with Gasteiger partial charge < -0.3 is 5.11 Å². The third kappa shape index (κ3) is 3.57. The summed E-state index contributed by atoms with van der Waals surface area (Å²) in [7, 11) is -3.45. The van der Waals surface area contributed by atoms with Crippen molar-refractivity contribution in [3.05, 3.63) is 17.0 Å². The van der Waals surface area contributed by atoms with E-state index in [4.69, 9.17) is 5.11 Å². The molecule has 0 aliphatic rings. The molecule has 86 valence electrons. The van der Waals surface area contributed by atoms with Crippen molar-refractivity contribution in [1.82, 2.24) is 4.72 Å². The lowest BCUT2D eigenvalue weighted by molar-refractivity contribution is 0.285. The van der Waals surface area contributed by atoms with Crippen LogP contribution < -0.4 is 4.72 Å². The molecular formula is C9H15NO3S2. The Morgan fingerprint density at radius 2 is 2.00 bits per heavy atom. The van der Waals surface area contributed by atoms with Crippen molar-refractivity contribution in [1.29, 1.82) is 0 Å². The molecule has 0 aliphatic heterocycles. The second-order valence-corrected chi connectivity index (χ2v) is 7.31. The standard InChI is InChI=1S/C9H15NO3S2/c1-9(2,3)10-15(12,13)8-5-4-7(6-11)14-8/h4-5,10-11H,6H2,1-3H3. The molecule has 0 atom stereocenters. The van der Waals surface area contributed by atoms with E-state index in [-0.39, 0.29) is 10.8 Å². The van der Waals surface area contributed by atoms with Crippen molar-refractivity contribution in [3.63, 3.8) is 0 Å². The molecule has 0 aliphatic carbocycles. The lowest BCUT2D eigenvalue weighted by atomic mass is 10.1. The van der Waals surface area contributed by atoms with Crippen molar-refractivity contribution in [3.8, 4) is 0 Å². The number of sulfonamides is 1. The summed E-state index contributed by atoms with van der Waals surface area (Å²) < 4.78 is 26.4. The van der Waals surface area contributed by atoms with Gasteiger partial charge in [0, 0.05) is 10.4 Å². The smallest absolute Gasteiger partial charge is 0.250 e. The molecule has 1 rings (SSSR count). The largest absolute Gasteiger partial charge is 0.391 e. The zero-order valence-corrected chi connectivity index (χ0v) is 10.6. The van der Waals surface area contributed by atoms with Gasteiger partial charge >= 0.3 is 0 Å². The summed E-state index contributed by atoms with van der Waals surface area (Å²) in [4.78, 5) is 0.643. The van der Waals surface area contributed by atoms with E-state index < -0.39 is 15.6 Å². The van der Waals surface area contributed by atoms with Gasteiger partial charge in [-0.2, -0.15) is 0 Å². The summed E-state index contributed by atoms with van der Waals surface area (Å²) in [5, 5.41) is 8.84. The van der Waals surface area contributed by atoms with Gasteiger partial charge in [-0.05, 0) is 32.9 Å². The van der Waals surface area contributed by atoms with E-state index in [0.29, 0.717) is 4.88 Å². The lowest BCUT2D eigenvalue weighted by Gasteiger charge is -2.19. The minimum absolute atomic E-state index is 0.129. The van der Waals surface area contributed by atoms with Crippen LogP contribution in [0.25, 0.3) is 0 Å². The topological polar surface area (TPSA) is 66.4 Å². The van der Waals surface area contributed by atoms with Crippen LogP contribution in [0, 0.1) is 0 Å². The quantitative estimate of drug-likeness (QED) is 0.849. The van der Waals surface area contributed by atoms with Crippen LogP contribution in [0.1, 0.15) is 25.6 Å². The summed E-state index contributed by atoms with van der Waals surface area (Å²) in [6.07, 6.45) is 0. The Balaban J connectivity index is 2.96. The number of hydrogen-bond acceptors (Lipinski definition) is 4. The van der Waals surface area contributed by atoms with Gasteiger partial charge in [0.1, 0.15) is 4.21 Å². The highest BCUT2D eigenvalue weighted by Crippen LogP contribution is 2.22. The SMILES string of the molecule is CC(C)(C)NS(=O)(=O)c1ccc(CO)s1. The number of nitrogens with one attached hydrogen (secondary N) is 1. The van der Waals surface area contributed by atoms with Gasteiger partial charge in [-0.3, -0.25) is 0 Å². The van der Waals surface area contributed by atoms with E-state index in [2.05, 4.69) is 4.72 Å². The third-order valence-electron chi connectivity index (χ3n) is 1.50. The molecule has 1 aromatic rings. The van der Waals surface area contributed by atoms with Crippen LogP contribution in [0.15, 0.2) is 16.3 Å². The average Bonchev–Trinajstić information content (AvgIpc) is 2.47. The first kappa shape index (κ1) is 12.6. The maximum Gasteiger partial charge on any atom is 0.250 e. The van der Waals surface area contributed by atoms with Crippen LogP contribution in [-0.4, -0.2) is 19.1 Å². The first-order valence-electron chi connectivity index (χ1n) is 4.48. The second-order valence-electron chi connectivity index (χ2n) is 4.23. The van der Waals surface area contributed by atoms with E-state index in [1.807, 2.05) is 0 Å². The van der Waals surface area contributed by atoms with E-state index in [9.17, 15) is 8.42 Å². The minimum Gasteiger partial charge on any atom is -0.391 e. The molecule has 6 heteroatoms. The molecule has 4 nitrogen and oxygen atoms in total. The number of aliphatic hydroxyl groups is 1. The average molecular weight is 249 g/mol. The van der Waals surface area contributed by atoms with Gasteiger partial charge in [0.05, 0.1) is 6.61 Å². The molecule has 0 amide bonds. The molecule has 15 heavy (non-hydrogen) atoms. The fourth-order valence-electron chi connectivity index (χ4n) is 1.04. The lowest BCUT2D eigenvalue weighted by Crippen LogP contribution is -2.40. The van der Waals surface area contributed by atoms with E-state index in [1.165, 1.54) is 6.07 Å². The van der Waals surface area contributed by atoms with Crippen LogP contribution >= 0.6 is 11.3 Å². The fraction of sp³-hybridized carbons (Fsp3) is 0.556. The molecule has 0 aromatic carbocycles. The summed E-state index contributed by atoms with van der Waals surface area (Å²) >= 11 is 1.08. The summed E-state index contributed by atoms with van der Waals surface area (Å²) in [5.41, 5.74) is -0.498. The molecule has 0 bridgehead atoms. The van der Waals surface area contributed by atoms with Crippen molar-refractivity contribution in [2.75, 3.05) is 0 Å². The summed E-state index contributed by atoms with van der Waals surface area (Å²) in [6, 6.07) is 3.12. The second kappa shape index (κ2) is 4.21. The van der Waals surface area contributed by atoms with Crippen molar-refractivity contribution in [2.45, 2.75) is 37.1 Å². The van der Waals surface area contributed by atoms with Gasteiger partial charge in [-0.25, -0.2) is 13.1 Å². The zero-order valence-electron chi connectivity index (χ0n) is 8.94. The first-order chi connectivity index (χ1) is 6.74. The molecule has 1 aromatic heterocycles. The molecule has 0 spiro atoms. The van der Waals surface area contributed by atoms with E-state index >= 15 is 0 Å². The molecule has 0 unspecified atom stereocenters. The monoisotopic (exact) mass is 249 g/mol. The Bertz CT molecular complexity index is 428.